The van der Waals surface area contributed by atoms with Crippen LogP contribution < -0.4 is 16.0 Å². The molecule has 2 heterocycles. The van der Waals surface area contributed by atoms with E-state index in [0.717, 1.165) is 31.2 Å². The number of unbranched alkanes of at least 4 members (excludes halogenated alkanes) is 5. The summed E-state index contributed by atoms with van der Waals surface area (Å²) in [5, 5.41) is 8.31. The van der Waals surface area contributed by atoms with E-state index in [4.69, 9.17) is 4.74 Å². The van der Waals surface area contributed by atoms with Gasteiger partial charge in [-0.2, -0.15) is 0 Å². The van der Waals surface area contributed by atoms with Gasteiger partial charge in [-0.3, -0.25) is 19.4 Å². The normalized spacial score (nSPS) is 24.6. The number of rotatable bonds is 12. The van der Waals surface area contributed by atoms with Crippen molar-refractivity contribution < 1.29 is 23.9 Å². The molecule has 1 aromatic heterocycles. The van der Waals surface area contributed by atoms with Crippen LogP contribution in [0.3, 0.4) is 0 Å². The number of nitrogens with one attached hydrogen (secondary N) is 3. The predicted molar refractivity (Wildman–Crippen MR) is 151 cm³/mol. The molecule has 218 valence electrons. The van der Waals surface area contributed by atoms with E-state index in [1.807, 2.05) is 26.8 Å². The lowest BCUT2D eigenvalue weighted by molar-refractivity contribution is -0.158. The molecule has 1 saturated heterocycles. The van der Waals surface area contributed by atoms with Crippen LogP contribution in [0.5, 0.6) is 0 Å². The molecule has 1 fully saturated rings. The summed E-state index contributed by atoms with van der Waals surface area (Å²) in [5.74, 6) is -2.12. The lowest BCUT2D eigenvalue weighted by atomic mass is 9.93. The molecule has 6 atom stereocenters. The van der Waals surface area contributed by atoms with Crippen molar-refractivity contribution in [3.05, 3.63) is 30.1 Å². The molecule has 0 spiro atoms. The number of carbonyl (C=O) groups excluding carboxylic acids is 4. The van der Waals surface area contributed by atoms with Crippen molar-refractivity contribution in [2.75, 3.05) is 0 Å². The standard InChI is InChI=1S/C30H48N4O5/c1-6-8-9-10-11-12-14-21(4)25-18-26(35)33-24(17-23-15-13-16-31-19-23)29(37)32-22(5)28(36)34-27(20(3)7-2)30(38)39-25/h13,15-16,19-22,24-25,27H,6-12,14,17-18H2,1-5H3,(H,32,37)(H,33,35)(H,34,36)/t20-,21-,22-,24-,25-,27+/m0/s1. The van der Waals surface area contributed by atoms with Gasteiger partial charge in [-0.1, -0.05) is 78.7 Å². The molecule has 0 unspecified atom stereocenters. The molecule has 39 heavy (non-hydrogen) atoms. The van der Waals surface area contributed by atoms with Gasteiger partial charge in [-0.05, 0) is 36.8 Å². The molecule has 3 amide bonds. The number of amides is 3. The van der Waals surface area contributed by atoms with Gasteiger partial charge in [-0.25, -0.2) is 4.79 Å². The predicted octanol–water partition coefficient (Wildman–Crippen LogP) is 3.85. The van der Waals surface area contributed by atoms with Gasteiger partial charge < -0.3 is 20.7 Å². The van der Waals surface area contributed by atoms with Crippen LogP contribution in [0.25, 0.3) is 0 Å². The lowest BCUT2D eigenvalue weighted by Gasteiger charge is -2.29. The molecule has 0 aliphatic carbocycles. The number of hydrogen-bond donors (Lipinski definition) is 3. The fourth-order valence-electron chi connectivity index (χ4n) is 4.74. The minimum atomic E-state index is -0.909. The lowest BCUT2D eigenvalue weighted by Crippen LogP contribution is -2.55. The maximum atomic E-state index is 13.3. The summed E-state index contributed by atoms with van der Waals surface area (Å²) >= 11 is 0. The van der Waals surface area contributed by atoms with Crippen LogP contribution in [0.2, 0.25) is 0 Å². The van der Waals surface area contributed by atoms with E-state index >= 15 is 0 Å². The summed E-state index contributed by atoms with van der Waals surface area (Å²) in [4.78, 5) is 56.9. The highest BCUT2D eigenvalue weighted by molar-refractivity contribution is 5.94. The summed E-state index contributed by atoms with van der Waals surface area (Å²) in [5.41, 5.74) is 0.774. The summed E-state index contributed by atoms with van der Waals surface area (Å²) in [7, 11) is 0. The van der Waals surface area contributed by atoms with Crippen molar-refractivity contribution in [2.45, 2.75) is 123 Å². The molecule has 1 aliphatic rings. The van der Waals surface area contributed by atoms with Gasteiger partial charge in [0.15, 0.2) is 0 Å². The summed E-state index contributed by atoms with van der Waals surface area (Å²) in [6, 6.07) is 0.898. The van der Waals surface area contributed by atoms with Gasteiger partial charge in [0, 0.05) is 18.8 Å². The number of carbonyl (C=O) groups is 4. The van der Waals surface area contributed by atoms with Gasteiger partial charge in [0.1, 0.15) is 24.2 Å². The maximum Gasteiger partial charge on any atom is 0.329 e. The van der Waals surface area contributed by atoms with Crippen LogP contribution in [-0.4, -0.2) is 52.9 Å². The molecule has 0 saturated carbocycles. The molecule has 2 rings (SSSR count). The Bertz CT molecular complexity index is 925. The fraction of sp³-hybridized carbons (Fsp3) is 0.700. The Balaban J connectivity index is 2.27. The Morgan fingerprint density at radius 3 is 2.33 bits per heavy atom. The Labute approximate surface area is 233 Å². The van der Waals surface area contributed by atoms with Crippen LogP contribution in [0, 0.1) is 11.8 Å². The van der Waals surface area contributed by atoms with E-state index < -0.39 is 42.0 Å². The molecule has 0 radical (unpaired) electrons. The number of pyridine rings is 1. The first-order valence-corrected chi connectivity index (χ1v) is 14.7. The molecule has 0 bridgehead atoms. The highest BCUT2D eigenvalue weighted by Crippen LogP contribution is 2.22. The zero-order chi connectivity index (χ0) is 28.8. The van der Waals surface area contributed by atoms with Crippen LogP contribution in [0.1, 0.15) is 98.0 Å². The second kappa shape index (κ2) is 16.9. The average molecular weight is 545 g/mol. The largest absolute Gasteiger partial charge is 0.460 e. The summed E-state index contributed by atoms with van der Waals surface area (Å²) in [6.45, 7) is 9.55. The van der Waals surface area contributed by atoms with Crippen molar-refractivity contribution >= 4 is 23.7 Å². The fourth-order valence-corrected chi connectivity index (χ4v) is 4.74. The number of nitrogens with zero attached hydrogens (tertiary/aromatic N) is 1. The third-order valence-electron chi connectivity index (χ3n) is 7.63. The van der Waals surface area contributed by atoms with Crippen LogP contribution in [0.15, 0.2) is 24.5 Å². The number of cyclic esters (lactones) is 1. The number of hydrogen-bond acceptors (Lipinski definition) is 6. The second-order valence-corrected chi connectivity index (χ2v) is 11.0. The highest BCUT2D eigenvalue weighted by Gasteiger charge is 2.35. The van der Waals surface area contributed by atoms with Gasteiger partial charge in [0.05, 0.1) is 6.42 Å². The van der Waals surface area contributed by atoms with Gasteiger partial charge >= 0.3 is 5.97 Å². The number of esters is 1. The first kappa shape index (κ1) is 32.2. The highest BCUT2D eigenvalue weighted by atomic mass is 16.5. The Hall–Kier alpha value is -2.97. The van der Waals surface area contributed by atoms with E-state index in [9.17, 15) is 19.2 Å². The smallest absolute Gasteiger partial charge is 0.329 e. The minimum absolute atomic E-state index is 0.0592. The first-order valence-electron chi connectivity index (χ1n) is 14.7. The van der Waals surface area contributed by atoms with E-state index in [1.54, 1.807) is 25.4 Å². The first-order chi connectivity index (χ1) is 18.7. The second-order valence-electron chi connectivity index (χ2n) is 11.0. The molecule has 1 aliphatic heterocycles. The third-order valence-corrected chi connectivity index (χ3v) is 7.63. The van der Waals surface area contributed by atoms with Gasteiger partial charge in [0.2, 0.25) is 17.7 Å². The van der Waals surface area contributed by atoms with Gasteiger partial charge in [0.25, 0.3) is 0 Å². The van der Waals surface area contributed by atoms with Crippen molar-refractivity contribution in [1.82, 2.24) is 20.9 Å². The van der Waals surface area contributed by atoms with Crippen LogP contribution in [-0.2, 0) is 30.3 Å². The Morgan fingerprint density at radius 2 is 1.67 bits per heavy atom. The number of ether oxygens (including phenoxy) is 1. The molecule has 0 aromatic carbocycles. The third kappa shape index (κ3) is 11.0. The number of aromatic nitrogens is 1. The van der Waals surface area contributed by atoms with E-state index in [-0.39, 0.29) is 30.6 Å². The maximum absolute atomic E-state index is 13.3. The van der Waals surface area contributed by atoms with Crippen molar-refractivity contribution in [1.29, 1.82) is 0 Å². The van der Waals surface area contributed by atoms with E-state index in [1.165, 1.54) is 19.3 Å². The zero-order valence-corrected chi connectivity index (χ0v) is 24.3. The summed E-state index contributed by atoms with van der Waals surface area (Å²) in [6.07, 6.45) is 11.1. The van der Waals surface area contributed by atoms with Crippen molar-refractivity contribution in [3.63, 3.8) is 0 Å². The minimum Gasteiger partial charge on any atom is -0.460 e. The van der Waals surface area contributed by atoms with Crippen LogP contribution >= 0.6 is 0 Å². The monoisotopic (exact) mass is 544 g/mol. The average Bonchev–Trinajstić information content (AvgIpc) is 2.92. The quantitative estimate of drug-likeness (QED) is 0.271. The molecule has 9 nitrogen and oxygen atoms in total. The molecular formula is C30H48N4O5. The topological polar surface area (TPSA) is 126 Å². The van der Waals surface area contributed by atoms with E-state index in [0.29, 0.717) is 6.42 Å². The zero-order valence-electron chi connectivity index (χ0n) is 24.3. The Morgan fingerprint density at radius 1 is 0.949 bits per heavy atom. The van der Waals surface area contributed by atoms with Crippen molar-refractivity contribution in [2.24, 2.45) is 11.8 Å². The molecule has 9 heteroatoms. The van der Waals surface area contributed by atoms with Crippen molar-refractivity contribution in [3.8, 4) is 0 Å². The van der Waals surface area contributed by atoms with E-state index in [2.05, 4.69) is 27.9 Å². The summed E-state index contributed by atoms with van der Waals surface area (Å²) < 4.78 is 5.96. The van der Waals surface area contributed by atoms with Crippen LogP contribution in [0.4, 0.5) is 0 Å². The molecule has 1 aromatic rings. The van der Waals surface area contributed by atoms with Gasteiger partial charge in [-0.15, -0.1) is 0 Å². The SMILES string of the molecule is CCCCCCCC[C@H](C)[C@@H]1CC(=O)N[C@@H](Cc2cccnc2)C(=O)N[C@@H](C)C(=O)N[C@H]([C@@H](C)CC)C(=O)O1. The Kier molecular flexibility index (Phi) is 14.0. The molecular weight excluding hydrogens is 496 g/mol. The molecule has 3 N–H and O–H groups in total.